The molecule has 0 atom stereocenters. The largest absolute Gasteiger partial charge is 0.483 e. The van der Waals surface area contributed by atoms with Gasteiger partial charge in [-0.15, -0.1) is 0 Å². The minimum absolute atomic E-state index is 0.129. The number of carbonyl (C=O) groups is 1. The van der Waals surface area contributed by atoms with Gasteiger partial charge in [0.1, 0.15) is 6.61 Å². The van der Waals surface area contributed by atoms with Crippen LogP contribution in [0.2, 0.25) is 0 Å². The highest BCUT2D eigenvalue weighted by molar-refractivity contribution is 5.95. The Bertz CT molecular complexity index is 904. The summed E-state index contributed by atoms with van der Waals surface area (Å²) < 4.78 is 18.4. The van der Waals surface area contributed by atoms with Gasteiger partial charge < -0.3 is 15.0 Å². The van der Waals surface area contributed by atoms with Crippen molar-refractivity contribution in [2.45, 2.75) is 26.0 Å². The number of pyridine rings is 1. The number of aromatic amines is 1. The van der Waals surface area contributed by atoms with E-state index in [0.29, 0.717) is 24.3 Å². The van der Waals surface area contributed by atoms with Crippen LogP contribution < -0.4 is 15.5 Å². The zero-order valence-electron chi connectivity index (χ0n) is 14.0. The summed E-state index contributed by atoms with van der Waals surface area (Å²) in [5.41, 5.74) is 1.65. The van der Waals surface area contributed by atoms with Crippen molar-refractivity contribution in [3.8, 4) is 5.75 Å². The first-order valence-corrected chi connectivity index (χ1v) is 8.19. The second kappa shape index (κ2) is 8.24. The van der Waals surface area contributed by atoms with Gasteiger partial charge >= 0.3 is 0 Å². The van der Waals surface area contributed by atoms with E-state index in [4.69, 9.17) is 4.74 Å². The van der Waals surface area contributed by atoms with Gasteiger partial charge in [-0.2, -0.15) is 4.39 Å². The third-order valence-corrected chi connectivity index (χ3v) is 3.87. The topological polar surface area (TPSA) is 83.5 Å². The van der Waals surface area contributed by atoms with Crippen LogP contribution in [0.1, 0.15) is 24.1 Å². The number of ether oxygens (including phenoxy) is 1. The fourth-order valence-corrected chi connectivity index (χ4v) is 2.43. The highest BCUT2D eigenvalue weighted by Gasteiger charge is 2.14. The maximum absolute atomic E-state index is 12.8. The van der Waals surface area contributed by atoms with Crippen molar-refractivity contribution >= 4 is 11.9 Å². The van der Waals surface area contributed by atoms with Crippen molar-refractivity contribution in [1.82, 2.24) is 10.3 Å². The molecule has 2 aromatic rings. The average molecular weight is 355 g/mol. The van der Waals surface area contributed by atoms with Crippen molar-refractivity contribution in [3.05, 3.63) is 75.8 Å². The summed E-state index contributed by atoms with van der Waals surface area (Å²) in [6.45, 7) is 0.446. The lowest BCUT2D eigenvalue weighted by Crippen LogP contribution is -2.26. The number of nitrogens with one attached hydrogen (secondary N) is 2. The van der Waals surface area contributed by atoms with Gasteiger partial charge in [-0.3, -0.25) is 9.59 Å². The molecule has 0 saturated heterocycles. The number of nitrogens with zero attached hydrogens (tertiary/aromatic N) is 1. The molecule has 2 heterocycles. The maximum atomic E-state index is 12.8. The molecule has 26 heavy (non-hydrogen) atoms. The minimum Gasteiger partial charge on any atom is -0.483 e. The quantitative estimate of drug-likeness (QED) is 0.835. The van der Waals surface area contributed by atoms with Crippen LogP contribution in [0.3, 0.4) is 0 Å². The minimum atomic E-state index is -0.475. The number of rotatable bonds is 6. The Balaban J connectivity index is 1.56. The first-order valence-electron chi connectivity index (χ1n) is 8.19. The molecule has 1 aromatic heterocycles. The smallest absolute Gasteiger partial charge is 0.249 e. The van der Waals surface area contributed by atoms with Crippen LogP contribution >= 0.6 is 0 Å². The Labute approximate surface area is 149 Å². The van der Waals surface area contributed by atoms with E-state index in [1.807, 2.05) is 30.3 Å². The molecular formula is C19H18FN3O3. The predicted molar refractivity (Wildman–Crippen MR) is 95.5 cm³/mol. The molecule has 0 aliphatic carbocycles. The first-order chi connectivity index (χ1) is 12.6. The summed E-state index contributed by atoms with van der Waals surface area (Å²) in [6, 6.07) is 10.9. The van der Waals surface area contributed by atoms with Crippen molar-refractivity contribution < 1.29 is 13.9 Å². The van der Waals surface area contributed by atoms with E-state index in [0.717, 1.165) is 5.56 Å². The number of H-pyrrole nitrogens is 1. The monoisotopic (exact) mass is 355 g/mol. The van der Waals surface area contributed by atoms with E-state index in [9.17, 15) is 14.0 Å². The number of halogens is 1. The number of hydrogen-bond acceptors (Lipinski definition) is 4. The lowest BCUT2D eigenvalue weighted by Gasteiger charge is -2.11. The van der Waals surface area contributed by atoms with Crippen molar-refractivity contribution in [1.29, 1.82) is 0 Å². The lowest BCUT2D eigenvalue weighted by atomic mass is 10.1. The van der Waals surface area contributed by atoms with Crippen LogP contribution in [0, 0.1) is 0 Å². The molecule has 1 amide bonds. The summed E-state index contributed by atoms with van der Waals surface area (Å²) in [5.74, 6) is -0.591. The summed E-state index contributed by atoms with van der Waals surface area (Å²) in [7, 11) is 0. The Kier molecular flexibility index (Phi) is 5.58. The summed E-state index contributed by atoms with van der Waals surface area (Å²) in [4.78, 5) is 30.6. The number of aliphatic imine (C=N–C) groups is 1. The van der Waals surface area contributed by atoms with Crippen LogP contribution in [0.25, 0.3) is 0 Å². The van der Waals surface area contributed by atoms with Gasteiger partial charge in [-0.05, 0) is 12.0 Å². The molecule has 6 nitrogen and oxygen atoms in total. The van der Waals surface area contributed by atoms with Crippen LogP contribution in [-0.2, 0) is 17.9 Å². The van der Waals surface area contributed by atoms with Crippen LogP contribution in [0.4, 0.5) is 4.39 Å². The fourth-order valence-electron chi connectivity index (χ4n) is 2.43. The summed E-state index contributed by atoms with van der Waals surface area (Å²) in [6.07, 6.45) is 3.15. The molecule has 3 rings (SSSR count). The van der Waals surface area contributed by atoms with Gasteiger partial charge in [0.15, 0.2) is 11.7 Å². The van der Waals surface area contributed by atoms with E-state index in [2.05, 4.69) is 15.3 Å². The number of carbonyl (C=O) groups excluding carboxylic acids is 1. The third kappa shape index (κ3) is 4.66. The van der Waals surface area contributed by atoms with Gasteiger partial charge in [0.05, 0.1) is 6.54 Å². The molecule has 0 radical (unpaired) electrons. The summed E-state index contributed by atoms with van der Waals surface area (Å²) in [5, 5.41) is 2.68. The maximum Gasteiger partial charge on any atom is 0.249 e. The second-order valence-corrected chi connectivity index (χ2v) is 5.80. The standard InChI is InChI=1S/C19H18FN3O3/c20-18-7-6-14(9-22-18)19(25)23-10-15-8-16(24)17(11-21-15)26-12-13-4-2-1-3-5-13/h1-5,8-9,11H,6-7,10,12H2,(H,21,24)(H,23,25). The fraction of sp³-hybridized carbons (Fsp3) is 0.211. The zero-order chi connectivity index (χ0) is 18.4. The molecule has 1 aromatic carbocycles. The number of amides is 1. The molecule has 0 saturated carbocycles. The molecule has 0 unspecified atom stereocenters. The van der Waals surface area contributed by atoms with Crippen LogP contribution in [-0.4, -0.2) is 16.9 Å². The molecule has 7 heteroatoms. The number of benzene rings is 1. The normalized spacial score (nSPS) is 13.6. The molecule has 134 valence electrons. The molecule has 0 fully saturated rings. The van der Waals surface area contributed by atoms with Gasteiger partial charge in [0.2, 0.25) is 11.3 Å². The van der Waals surface area contributed by atoms with E-state index in [1.165, 1.54) is 18.5 Å². The van der Waals surface area contributed by atoms with E-state index < -0.39 is 5.97 Å². The second-order valence-electron chi connectivity index (χ2n) is 5.80. The molecule has 1 aliphatic heterocycles. The summed E-state index contributed by atoms with van der Waals surface area (Å²) >= 11 is 0. The van der Waals surface area contributed by atoms with Crippen LogP contribution in [0.5, 0.6) is 5.75 Å². The molecule has 0 bridgehead atoms. The van der Waals surface area contributed by atoms with Crippen LogP contribution in [0.15, 0.2) is 64.2 Å². The van der Waals surface area contributed by atoms with E-state index in [-0.39, 0.29) is 30.1 Å². The van der Waals surface area contributed by atoms with Gasteiger partial charge in [0, 0.05) is 36.2 Å². The number of hydrogen-bond donors (Lipinski definition) is 2. The highest BCUT2D eigenvalue weighted by atomic mass is 19.1. The average Bonchev–Trinajstić information content (AvgIpc) is 2.67. The van der Waals surface area contributed by atoms with Crippen molar-refractivity contribution in [2.75, 3.05) is 0 Å². The molecule has 1 aliphatic rings. The molecular weight excluding hydrogens is 337 g/mol. The molecule has 2 N–H and O–H groups in total. The van der Waals surface area contributed by atoms with E-state index in [1.54, 1.807) is 0 Å². The first kappa shape index (κ1) is 17.6. The molecule has 0 spiro atoms. The van der Waals surface area contributed by atoms with Gasteiger partial charge in [0.25, 0.3) is 0 Å². The lowest BCUT2D eigenvalue weighted by molar-refractivity contribution is -0.117. The Morgan fingerprint density at radius 1 is 1.27 bits per heavy atom. The SMILES string of the molecule is O=C(NCc1cc(=O)c(OCc2ccccc2)c[nH]1)C1=CN=C(F)CC1. The van der Waals surface area contributed by atoms with E-state index >= 15 is 0 Å². The van der Waals surface area contributed by atoms with Crippen molar-refractivity contribution in [3.63, 3.8) is 0 Å². The van der Waals surface area contributed by atoms with Gasteiger partial charge in [-0.1, -0.05) is 30.3 Å². The Morgan fingerprint density at radius 2 is 2.08 bits per heavy atom. The Morgan fingerprint density at radius 3 is 2.77 bits per heavy atom. The number of aromatic nitrogens is 1. The van der Waals surface area contributed by atoms with Crippen molar-refractivity contribution in [2.24, 2.45) is 4.99 Å². The predicted octanol–water partition coefficient (Wildman–Crippen LogP) is 2.62. The van der Waals surface area contributed by atoms with Gasteiger partial charge in [-0.25, -0.2) is 4.99 Å². The highest BCUT2D eigenvalue weighted by Crippen LogP contribution is 2.13. The third-order valence-electron chi connectivity index (χ3n) is 3.87. The Hall–Kier alpha value is -3.22. The zero-order valence-corrected chi connectivity index (χ0v) is 14.0.